The maximum absolute atomic E-state index is 13.5. The molecule has 1 aliphatic rings. The van der Waals surface area contributed by atoms with Gasteiger partial charge in [-0.25, -0.2) is 9.67 Å². The van der Waals surface area contributed by atoms with Crippen molar-refractivity contribution in [3.8, 4) is 11.3 Å². The van der Waals surface area contributed by atoms with E-state index in [0.717, 1.165) is 48.1 Å². The van der Waals surface area contributed by atoms with E-state index >= 15 is 0 Å². The molecule has 156 valence electrons. The van der Waals surface area contributed by atoms with Gasteiger partial charge in [0, 0.05) is 31.2 Å². The highest BCUT2D eigenvalue weighted by Gasteiger charge is 2.28. The Morgan fingerprint density at radius 2 is 1.97 bits per heavy atom. The van der Waals surface area contributed by atoms with Gasteiger partial charge in [0.1, 0.15) is 0 Å². The fraction of sp³-hybridized carbons (Fsp3) is 0.381. The van der Waals surface area contributed by atoms with Crippen molar-refractivity contribution >= 4 is 41.8 Å². The fourth-order valence-corrected chi connectivity index (χ4v) is 3.88. The number of fused-ring (bicyclic) bond motifs is 1. The van der Waals surface area contributed by atoms with E-state index in [1.165, 1.54) is 0 Å². The second-order valence-corrected chi connectivity index (χ2v) is 7.00. The molecule has 1 aromatic carbocycles. The lowest BCUT2D eigenvalue weighted by Crippen LogP contribution is -2.47. The number of piperidine rings is 1. The molecule has 2 N–H and O–H groups in total. The number of hydrogen-bond acceptors (Lipinski definition) is 4. The van der Waals surface area contributed by atoms with Crippen LogP contribution in [0.3, 0.4) is 0 Å². The molecule has 0 bridgehead atoms. The minimum Gasteiger partial charge on any atom is -0.334 e. The maximum Gasteiger partial charge on any atom is 0.255 e. The second-order valence-electron chi connectivity index (χ2n) is 7.00. The van der Waals surface area contributed by atoms with Crippen LogP contribution >= 0.6 is 24.8 Å². The molecule has 0 spiro atoms. The summed E-state index contributed by atoms with van der Waals surface area (Å²) in [5.74, 6) is 0.0328. The van der Waals surface area contributed by atoms with Crippen molar-refractivity contribution in [2.75, 3.05) is 13.1 Å². The lowest BCUT2D eigenvalue weighted by Gasteiger charge is -2.35. The highest BCUT2D eigenvalue weighted by molar-refractivity contribution is 6.06. The van der Waals surface area contributed by atoms with Gasteiger partial charge in [-0.3, -0.25) is 4.79 Å². The molecule has 29 heavy (non-hydrogen) atoms. The van der Waals surface area contributed by atoms with Crippen molar-refractivity contribution in [2.24, 2.45) is 5.73 Å². The van der Waals surface area contributed by atoms with E-state index in [4.69, 9.17) is 10.7 Å². The van der Waals surface area contributed by atoms with Gasteiger partial charge in [-0.05, 0) is 32.3 Å². The van der Waals surface area contributed by atoms with Gasteiger partial charge in [0.05, 0.1) is 22.8 Å². The van der Waals surface area contributed by atoms with Crippen LogP contribution in [-0.4, -0.2) is 44.7 Å². The monoisotopic (exact) mass is 435 g/mol. The summed E-state index contributed by atoms with van der Waals surface area (Å²) >= 11 is 0. The molecule has 1 saturated heterocycles. The predicted octanol–water partition coefficient (Wildman–Crippen LogP) is 3.92. The molecule has 2 aromatic heterocycles. The van der Waals surface area contributed by atoms with Crippen LogP contribution in [0.4, 0.5) is 0 Å². The zero-order chi connectivity index (χ0) is 18.8. The summed E-state index contributed by atoms with van der Waals surface area (Å²) in [5, 5.41) is 5.24. The number of nitrogens with two attached hydrogens (primary N) is 1. The minimum atomic E-state index is 0. The Morgan fingerprint density at radius 3 is 2.66 bits per heavy atom. The summed E-state index contributed by atoms with van der Waals surface area (Å²) in [4.78, 5) is 20.2. The first-order chi connectivity index (χ1) is 13.2. The van der Waals surface area contributed by atoms with Crippen LogP contribution in [0.2, 0.25) is 0 Å². The Bertz CT molecular complexity index is 960. The molecule has 3 heterocycles. The SMILES string of the molecule is CCn1ncc2c(C(=O)N3CCCCC3CN)cc(-c3ccccc3)nc21.Cl.Cl. The molecule has 4 rings (SSSR count). The van der Waals surface area contributed by atoms with Gasteiger partial charge in [0.15, 0.2) is 5.65 Å². The van der Waals surface area contributed by atoms with E-state index in [0.29, 0.717) is 18.7 Å². The number of halogens is 2. The molecule has 1 atom stereocenters. The molecule has 1 aliphatic heterocycles. The lowest BCUT2D eigenvalue weighted by atomic mass is 9.99. The molecule has 1 unspecified atom stereocenters. The zero-order valence-corrected chi connectivity index (χ0v) is 18.1. The zero-order valence-electron chi connectivity index (χ0n) is 16.5. The van der Waals surface area contributed by atoms with Crippen LogP contribution in [0.5, 0.6) is 0 Å². The molecule has 6 nitrogen and oxygen atoms in total. The number of nitrogens with zero attached hydrogens (tertiary/aromatic N) is 4. The van der Waals surface area contributed by atoms with E-state index in [1.807, 2.05) is 52.9 Å². The topological polar surface area (TPSA) is 77.0 Å². The Balaban J connectivity index is 0.00000150. The van der Waals surface area contributed by atoms with Gasteiger partial charge in [-0.15, -0.1) is 24.8 Å². The van der Waals surface area contributed by atoms with Crippen molar-refractivity contribution in [3.63, 3.8) is 0 Å². The first-order valence-electron chi connectivity index (χ1n) is 9.66. The van der Waals surface area contributed by atoms with E-state index < -0.39 is 0 Å². The molecule has 0 saturated carbocycles. The van der Waals surface area contributed by atoms with Gasteiger partial charge in [-0.1, -0.05) is 30.3 Å². The lowest BCUT2D eigenvalue weighted by molar-refractivity contribution is 0.0625. The molecule has 1 fully saturated rings. The Hall–Kier alpha value is -2.15. The van der Waals surface area contributed by atoms with Crippen molar-refractivity contribution in [1.29, 1.82) is 0 Å². The molecular formula is C21H27Cl2N5O. The van der Waals surface area contributed by atoms with E-state index in [1.54, 1.807) is 6.20 Å². The van der Waals surface area contributed by atoms with Crippen LogP contribution in [-0.2, 0) is 6.54 Å². The highest BCUT2D eigenvalue weighted by atomic mass is 35.5. The fourth-order valence-electron chi connectivity index (χ4n) is 3.88. The summed E-state index contributed by atoms with van der Waals surface area (Å²) in [6, 6.07) is 12.0. The van der Waals surface area contributed by atoms with E-state index in [-0.39, 0.29) is 36.8 Å². The highest BCUT2D eigenvalue weighted by Crippen LogP contribution is 2.28. The summed E-state index contributed by atoms with van der Waals surface area (Å²) in [5.41, 5.74) is 9.15. The summed E-state index contributed by atoms with van der Waals surface area (Å²) in [6.45, 7) is 3.99. The van der Waals surface area contributed by atoms with Gasteiger partial charge in [0.2, 0.25) is 0 Å². The molecular weight excluding hydrogens is 409 g/mol. The van der Waals surface area contributed by atoms with E-state index in [2.05, 4.69) is 5.10 Å². The Kier molecular flexibility index (Phi) is 8.02. The largest absolute Gasteiger partial charge is 0.334 e. The van der Waals surface area contributed by atoms with Crippen LogP contribution in [0.15, 0.2) is 42.6 Å². The average molecular weight is 436 g/mol. The number of carbonyl (C=O) groups is 1. The predicted molar refractivity (Wildman–Crippen MR) is 121 cm³/mol. The number of aromatic nitrogens is 3. The molecule has 8 heteroatoms. The van der Waals surface area contributed by atoms with Crippen molar-refractivity contribution in [3.05, 3.63) is 48.2 Å². The summed E-state index contributed by atoms with van der Waals surface area (Å²) < 4.78 is 1.84. The van der Waals surface area contributed by atoms with Crippen LogP contribution < -0.4 is 5.73 Å². The minimum absolute atomic E-state index is 0. The number of aryl methyl sites for hydroxylation is 1. The summed E-state index contributed by atoms with van der Waals surface area (Å²) in [6.07, 6.45) is 4.88. The smallest absolute Gasteiger partial charge is 0.255 e. The quantitative estimate of drug-likeness (QED) is 0.673. The Labute approximate surface area is 183 Å². The standard InChI is InChI=1S/C21H25N5O.2ClH/c1-2-26-20-18(14-23-26)17(12-19(24-20)15-8-4-3-5-9-15)21(27)25-11-7-6-10-16(25)13-22;;/h3-5,8-9,12,14,16H,2,6-7,10-11,13,22H2,1H3;2*1H. The first-order valence-corrected chi connectivity index (χ1v) is 9.66. The van der Waals surface area contributed by atoms with Crippen molar-refractivity contribution < 1.29 is 4.79 Å². The van der Waals surface area contributed by atoms with Crippen LogP contribution in [0.1, 0.15) is 36.5 Å². The second kappa shape index (κ2) is 10.1. The number of rotatable bonds is 4. The molecule has 1 amide bonds. The first kappa shape index (κ1) is 23.1. The normalized spacial score (nSPS) is 16.2. The Morgan fingerprint density at radius 1 is 1.21 bits per heavy atom. The number of hydrogen-bond donors (Lipinski definition) is 1. The van der Waals surface area contributed by atoms with Crippen molar-refractivity contribution in [2.45, 2.75) is 38.8 Å². The summed E-state index contributed by atoms with van der Waals surface area (Å²) in [7, 11) is 0. The third-order valence-electron chi connectivity index (χ3n) is 5.37. The van der Waals surface area contributed by atoms with Gasteiger partial charge < -0.3 is 10.6 Å². The van der Waals surface area contributed by atoms with Gasteiger partial charge >= 0.3 is 0 Å². The number of carbonyl (C=O) groups excluding carboxylic acids is 1. The molecule has 0 radical (unpaired) electrons. The van der Waals surface area contributed by atoms with Gasteiger partial charge in [0.25, 0.3) is 5.91 Å². The maximum atomic E-state index is 13.5. The van der Waals surface area contributed by atoms with E-state index in [9.17, 15) is 4.79 Å². The molecule has 3 aromatic rings. The van der Waals surface area contributed by atoms with Gasteiger partial charge in [-0.2, -0.15) is 5.10 Å². The number of benzene rings is 1. The van der Waals surface area contributed by atoms with Crippen LogP contribution in [0, 0.1) is 0 Å². The number of likely N-dealkylation sites (tertiary alicyclic amines) is 1. The third kappa shape index (κ3) is 4.39. The number of pyridine rings is 1. The average Bonchev–Trinajstić information content (AvgIpc) is 3.16. The third-order valence-corrected chi connectivity index (χ3v) is 5.37. The van der Waals surface area contributed by atoms with Crippen LogP contribution in [0.25, 0.3) is 22.3 Å². The van der Waals surface area contributed by atoms with Crippen molar-refractivity contribution in [1.82, 2.24) is 19.7 Å². The molecule has 0 aliphatic carbocycles. The number of amides is 1.